The second-order valence-electron chi connectivity index (χ2n) is 3.31. The van der Waals surface area contributed by atoms with Gasteiger partial charge in [-0.05, 0) is 23.8 Å². The molecule has 0 amide bonds. The van der Waals surface area contributed by atoms with E-state index in [-0.39, 0.29) is 0 Å². The van der Waals surface area contributed by atoms with Gasteiger partial charge in [0.1, 0.15) is 12.2 Å². The van der Waals surface area contributed by atoms with Crippen molar-refractivity contribution in [2.75, 3.05) is 0 Å². The summed E-state index contributed by atoms with van der Waals surface area (Å²) in [6.07, 6.45) is 2.50. The summed E-state index contributed by atoms with van der Waals surface area (Å²) in [5, 5.41) is 7.90. The highest BCUT2D eigenvalue weighted by atomic mass is 79.9. The number of benzene rings is 1. The van der Waals surface area contributed by atoms with Crippen LogP contribution >= 0.6 is 31.9 Å². The highest BCUT2D eigenvalue weighted by Crippen LogP contribution is 2.21. The molecule has 0 fully saturated rings. The highest BCUT2D eigenvalue weighted by molar-refractivity contribution is 9.11. The van der Waals surface area contributed by atoms with Gasteiger partial charge < -0.3 is 4.57 Å². The van der Waals surface area contributed by atoms with Gasteiger partial charge in [0.15, 0.2) is 0 Å². The monoisotopic (exact) mass is 329 g/mol. The first kappa shape index (κ1) is 10.8. The van der Waals surface area contributed by atoms with E-state index in [0.29, 0.717) is 0 Å². The van der Waals surface area contributed by atoms with Crippen molar-refractivity contribution in [2.45, 2.75) is 6.42 Å². The van der Waals surface area contributed by atoms with Gasteiger partial charge in [0.2, 0.25) is 0 Å². The van der Waals surface area contributed by atoms with Crippen molar-refractivity contribution in [3.63, 3.8) is 0 Å². The summed E-state index contributed by atoms with van der Waals surface area (Å²) in [4.78, 5) is 0. The number of halogens is 2. The molecule has 0 saturated heterocycles. The predicted octanol–water partition coefficient (Wildman–Crippen LogP) is 2.93. The standard InChI is InChI=1S/C10H9Br2N3/c1-15-6-13-14-10(15)4-7-2-8(11)5-9(12)3-7/h2-3,5-6H,4H2,1H3. The SMILES string of the molecule is Cn1cnnc1Cc1cc(Br)cc(Br)c1. The smallest absolute Gasteiger partial charge is 0.136 e. The van der Waals surface area contributed by atoms with Crippen molar-refractivity contribution < 1.29 is 0 Å². The van der Waals surface area contributed by atoms with Crippen LogP contribution in [0.5, 0.6) is 0 Å². The zero-order valence-corrected chi connectivity index (χ0v) is 11.3. The van der Waals surface area contributed by atoms with Gasteiger partial charge in [0.05, 0.1) is 0 Å². The number of aromatic nitrogens is 3. The third-order valence-corrected chi connectivity index (χ3v) is 3.01. The fourth-order valence-corrected chi connectivity index (χ4v) is 2.75. The first-order valence-electron chi connectivity index (χ1n) is 4.43. The molecule has 0 N–H and O–H groups in total. The average Bonchev–Trinajstić information content (AvgIpc) is 2.50. The summed E-state index contributed by atoms with van der Waals surface area (Å²) in [5.74, 6) is 0.958. The van der Waals surface area contributed by atoms with Crippen molar-refractivity contribution in [2.24, 2.45) is 7.05 Å². The summed E-state index contributed by atoms with van der Waals surface area (Å²) in [6, 6.07) is 6.18. The molecule has 15 heavy (non-hydrogen) atoms. The first-order chi connectivity index (χ1) is 7.15. The zero-order valence-electron chi connectivity index (χ0n) is 8.11. The Labute approximate surface area is 105 Å². The summed E-state index contributed by atoms with van der Waals surface area (Å²) in [6.45, 7) is 0. The van der Waals surface area contributed by atoms with Gasteiger partial charge in [-0.15, -0.1) is 10.2 Å². The molecule has 1 aromatic heterocycles. The molecule has 78 valence electrons. The minimum absolute atomic E-state index is 0.786. The Kier molecular flexibility index (Phi) is 3.21. The van der Waals surface area contributed by atoms with Crippen LogP contribution in [0.1, 0.15) is 11.4 Å². The Morgan fingerprint density at radius 1 is 1.20 bits per heavy atom. The number of aryl methyl sites for hydroxylation is 1. The minimum Gasteiger partial charge on any atom is -0.320 e. The molecule has 2 aromatic rings. The van der Waals surface area contributed by atoms with Crippen molar-refractivity contribution in [3.05, 3.63) is 44.9 Å². The van der Waals surface area contributed by atoms with Crippen LogP contribution in [0.15, 0.2) is 33.5 Å². The molecule has 1 heterocycles. The number of hydrogen-bond acceptors (Lipinski definition) is 2. The van der Waals surface area contributed by atoms with Crippen LogP contribution in [0.25, 0.3) is 0 Å². The van der Waals surface area contributed by atoms with Gasteiger partial charge in [-0.3, -0.25) is 0 Å². The summed E-state index contributed by atoms with van der Waals surface area (Å²) >= 11 is 6.93. The van der Waals surface area contributed by atoms with Crippen LogP contribution in [0.3, 0.4) is 0 Å². The lowest BCUT2D eigenvalue weighted by molar-refractivity contribution is 0.821. The quantitative estimate of drug-likeness (QED) is 0.847. The van der Waals surface area contributed by atoms with Crippen LogP contribution in [-0.4, -0.2) is 14.8 Å². The maximum Gasteiger partial charge on any atom is 0.136 e. The molecule has 0 aliphatic carbocycles. The Bertz CT molecular complexity index is 459. The maximum atomic E-state index is 4.05. The van der Waals surface area contributed by atoms with E-state index in [0.717, 1.165) is 21.2 Å². The molecule has 0 atom stereocenters. The predicted molar refractivity (Wildman–Crippen MR) is 65.7 cm³/mol. The Morgan fingerprint density at radius 2 is 1.87 bits per heavy atom. The maximum absolute atomic E-state index is 4.05. The molecule has 0 saturated carbocycles. The van der Waals surface area contributed by atoms with Gasteiger partial charge in [0, 0.05) is 22.4 Å². The minimum atomic E-state index is 0.786. The molecule has 0 bridgehead atoms. The highest BCUT2D eigenvalue weighted by Gasteiger charge is 2.04. The molecule has 0 aliphatic rings. The van der Waals surface area contributed by atoms with Crippen LogP contribution in [0, 0.1) is 0 Å². The van der Waals surface area contributed by atoms with Crippen molar-refractivity contribution in [1.29, 1.82) is 0 Å². The normalized spacial score (nSPS) is 10.6. The van der Waals surface area contributed by atoms with E-state index in [4.69, 9.17) is 0 Å². The second kappa shape index (κ2) is 4.45. The van der Waals surface area contributed by atoms with E-state index in [9.17, 15) is 0 Å². The molecule has 1 aromatic carbocycles. The van der Waals surface area contributed by atoms with E-state index in [1.807, 2.05) is 17.7 Å². The van der Waals surface area contributed by atoms with Crippen LogP contribution in [0.4, 0.5) is 0 Å². The Hall–Kier alpha value is -0.680. The molecular formula is C10H9Br2N3. The van der Waals surface area contributed by atoms with Crippen LogP contribution in [-0.2, 0) is 13.5 Å². The average molecular weight is 331 g/mol. The zero-order chi connectivity index (χ0) is 10.8. The lowest BCUT2D eigenvalue weighted by atomic mass is 10.1. The third-order valence-electron chi connectivity index (χ3n) is 2.09. The number of rotatable bonds is 2. The van der Waals surface area contributed by atoms with Crippen LogP contribution < -0.4 is 0 Å². The van der Waals surface area contributed by atoms with Crippen molar-refractivity contribution in [3.8, 4) is 0 Å². The van der Waals surface area contributed by atoms with Gasteiger partial charge in [-0.2, -0.15) is 0 Å². The molecular weight excluding hydrogens is 322 g/mol. The third kappa shape index (κ3) is 2.66. The van der Waals surface area contributed by atoms with Gasteiger partial charge in [0.25, 0.3) is 0 Å². The number of hydrogen-bond donors (Lipinski definition) is 0. The lowest BCUT2D eigenvalue weighted by Gasteiger charge is -2.02. The molecule has 2 rings (SSSR count). The Morgan fingerprint density at radius 3 is 2.40 bits per heavy atom. The molecule has 0 spiro atoms. The van der Waals surface area contributed by atoms with Crippen LogP contribution in [0.2, 0.25) is 0 Å². The van der Waals surface area contributed by atoms with E-state index in [2.05, 4.69) is 54.2 Å². The largest absolute Gasteiger partial charge is 0.320 e. The molecule has 3 nitrogen and oxygen atoms in total. The molecule has 0 unspecified atom stereocenters. The second-order valence-corrected chi connectivity index (χ2v) is 5.14. The lowest BCUT2D eigenvalue weighted by Crippen LogP contribution is -1.98. The van der Waals surface area contributed by atoms with E-state index in [1.165, 1.54) is 5.56 Å². The van der Waals surface area contributed by atoms with Crippen molar-refractivity contribution >= 4 is 31.9 Å². The summed E-state index contributed by atoms with van der Waals surface area (Å²) in [5.41, 5.74) is 1.20. The molecule has 5 heteroatoms. The fourth-order valence-electron chi connectivity index (χ4n) is 1.36. The van der Waals surface area contributed by atoms with Gasteiger partial charge in [-0.1, -0.05) is 31.9 Å². The molecule has 0 radical (unpaired) electrons. The molecule has 0 aliphatic heterocycles. The van der Waals surface area contributed by atoms with Crippen molar-refractivity contribution in [1.82, 2.24) is 14.8 Å². The van der Waals surface area contributed by atoms with Gasteiger partial charge >= 0.3 is 0 Å². The topological polar surface area (TPSA) is 30.7 Å². The fraction of sp³-hybridized carbons (Fsp3) is 0.200. The first-order valence-corrected chi connectivity index (χ1v) is 6.01. The summed E-state index contributed by atoms with van der Waals surface area (Å²) < 4.78 is 4.05. The Balaban J connectivity index is 2.28. The summed E-state index contributed by atoms with van der Waals surface area (Å²) in [7, 11) is 1.95. The van der Waals surface area contributed by atoms with E-state index in [1.54, 1.807) is 6.33 Å². The number of nitrogens with zero attached hydrogens (tertiary/aromatic N) is 3. The van der Waals surface area contributed by atoms with E-state index < -0.39 is 0 Å². The van der Waals surface area contributed by atoms with E-state index >= 15 is 0 Å². The van der Waals surface area contributed by atoms with Gasteiger partial charge in [-0.25, -0.2) is 0 Å².